The van der Waals surface area contributed by atoms with Crippen molar-refractivity contribution in [2.75, 3.05) is 31.7 Å². The maximum absolute atomic E-state index is 11.8. The lowest BCUT2D eigenvalue weighted by atomic mass is 10.2. The molecule has 0 aliphatic rings. The second kappa shape index (κ2) is 8.94. The van der Waals surface area contributed by atoms with Crippen LogP contribution in [-0.2, 0) is 11.3 Å². The molecule has 0 aromatic carbocycles. The van der Waals surface area contributed by atoms with Crippen LogP contribution in [0.4, 0.5) is 5.69 Å². The third kappa shape index (κ3) is 5.48. The number of aromatic nitrogens is 2. The van der Waals surface area contributed by atoms with Gasteiger partial charge >= 0.3 is 0 Å². The summed E-state index contributed by atoms with van der Waals surface area (Å²) in [4.78, 5) is 11.8. The van der Waals surface area contributed by atoms with Crippen molar-refractivity contribution in [3.05, 3.63) is 21.6 Å². The average Bonchev–Trinajstić information content (AvgIpc) is 2.41. The van der Waals surface area contributed by atoms with E-state index in [1.165, 1.54) is 6.20 Å². The SMILES string of the molecule is CC(C)COCCCNc1cnn(CCO)c(=O)c1Cl. The Morgan fingerprint density at radius 3 is 2.95 bits per heavy atom. The third-order valence-electron chi connectivity index (χ3n) is 2.53. The summed E-state index contributed by atoms with van der Waals surface area (Å²) in [6, 6.07) is 0. The minimum absolute atomic E-state index is 0.0940. The van der Waals surface area contributed by atoms with Crippen molar-refractivity contribution in [2.24, 2.45) is 5.92 Å². The molecule has 0 saturated carbocycles. The summed E-state index contributed by atoms with van der Waals surface area (Å²) in [6.07, 6.45) is 2.32. The molecule has 7 heteroatoms. The van der Waals surface area contributed by atoms with E-state index in [1.54, 1.807) is 0 Å². The van der Waals surface area contributed by atoms with Crippen LogP contribution in [0.25, 0.3) is 0 Å². The van der Waals surface area contributed by atoms with E-state index in [-0.39, 0.29) is 18.2 Å². The first-order valence-electron chi connectivity index (χ1n) is 6.74. The normalized spacial score (nSPS) is 11.1. The third-order valence-corrected chi connectivity index (χ3v) is 2.89. The van der Waals surface area contributed by atoms with E-state index in [4.69, 9.17) is 21.4 Å². The van der Waals surface area contributed by atoms with E-state index < -0.39 is 5.56 Å². The maximum Gasteiger partial charge on any atom is 0.287 e. The van der Waals surface area contributed by atoms with E-state index in [9.17, 15) is 4.79 Å². The maximum atomic E-state index is 11.8. The minimum atomic E-state index is -0.401. The average molecular weight is 304 g/mol. The van der Waals surface area contributed by atoms with Crippen molar-refractivity contribution in [1.29, 1.82) is 0 Å². The Balaban J connectivity index is 2.41. The number of aliphatic hydroxyl groups excluding tert-OH is 1. The van der Waals surface area contributed by atoms with Crippen molar-refractivity contribution in [1.82, 2.24) is 9.78 Å². The lowest BCUT2D eigenvalue weighted by Crippen LogP contribution is -2.25. The molecular formula is C13H22ClN3O3. The van der Waals surface area contributed by atoms with Crippen LogP contribution in [0.3, 0.4) is 0 Å². The fraction of sp³-hybridized carbons (Fsp3) is 0.692. The van der Waals surface area contributed by atoms with E-state index in [0.717, 1.165) is 17.7 Å². The van der Waals surface area contributed by atoms with Gasteiger partial charge in [0, 0.05) is 19.8 Å². The molecule has 1 aromatic rings. The fourth-order valence-electron chi connectivity index (χ4n) is 1.56. The van der Waals surface area contributed by atoms with E-state index in [2.05, 4.69) is 24.3 Å². The summed E-state index contributed by atoms with van der Waals surface area (Å²) in [5.74, 6) is 0.528. The van der Waals surface area contributed by atoms with Crippen LogP contribution in [0.15, 0.2) is 11.0 Å². The Hall–Kier alpha value is -1.11. The Bertz CT molecular complexity index is 463. The molecule has 0 unspecified atom stereocenters. The van der Waals surface area contributed by atoms with Crippen LogP contribution in [-0.4, -0.2) is 41.3 Å². The minimum Gasteiger partial charge on any atom is -0.394 e. The summed E-state index contributed by atoms with van der Waals surface area (Å²) < 4.78 is 6.59. The van der Waals surface area contributed by atoms with Crippen molar-refractivity contribution in [2.45, 2.75) is 26.8 Å². The largest absolute Gasteiger partial charge is 0.394 e. The zero-order valence-corrected chi connectivity index (χ0v) is 12.7. The number of rotatable bonds is 9. The first-order valence-corrected chi connectivity index (χ1v) is 7.12. The summed E-state index contributed by atoms with van der Waals surface area (Å²) >= 11 is 5.97. The Kier molecular flexibility index (Phi) is 7.58. The number of nitrogens with zero attached hydrogens (tertiary/aromatic N) is 2. The number of hydrogen-bond acceptors (Lipinski definition) is 5. The highest BCUT2D eigenvalue weighted by Crippen LogP contribution is 2.14. The second-order valence-corrected chi connectivity index (χ2v) is 5.25. The molecule has 0 fully saturated rings. The summed E-state index contributed by atoms with van der Waals surface area (Å²) in [5.41, 5.74) is 0.108. The van der Waals surface area contributed by atoms with E-state index in [1.807, 2.05) is 0 Å². The number of ether oxygens (including phenoxy) is 1. The molecule has 1 rings (SSSR count). The lowest BCUT2D eigenvalue weighted by Gasteiger charge is -2.10. The molecule has 1 heterocycles. The zero-order chi connectivity index (χ0) is 15.0. The van der Waals surface area contributed by atoms with Crippen molar-refractivity contribution >= 4 is 17.3 Å². The molecular weight excluding hydrogens is 282 g/mol. The monoisotopic (exact) mass is 303 g/mol. The molecule has 0 atom stereocenters. The standard InChI is InChI=1S/C13H22ClN3O3/c1-10(2)9-20-7-3-4-15-11-8-16-17(5-6-18)13(19)12(11)14/h8,10,15,18H,3-7,9H2,1-2H3. The Morgan fingerprint density at radius 2 is 2.30 bits per heavy atom. The quantitative estimate of drug-likeness (QED) is 0.674. The molecule has 0 radical (unpaired) electrons. The summed E-state index contributed by atoms with van der Waals surface area (Å²) in [5, 5.41) is 15.9. The van der Waals surface area contributed by atoms with Crippen LogP contribution in [0.1, 0.15) is 20.3 Å². The van der Waals surface area contributed by atoms with E-state index >= 15 is 0 Å². The molecule has 0 aliphatic heterocycles. The predicted octanol–water partition coefficient (Wildman–Crippen LogP) is 1.36. The van der Waals surface area contributed by atoms with Crippen molar-refractivity contribution in [3.63, 3.8) is 0 Å². The van der Waals surface area contributed by atoms with Crippen LogP contribution >= 0.6 is 11.6 Å². The molecule has 2 N–H and O–H groups in total. The predicted molar refractivity (Wildman–Crippen MR) is 79.4 cm³/mol. The van der Waals surface area contributed by atoms with Crippen LogP contribution in [0.2, 0.25) is 5.02 Å². The number of nitrogens with one attached hydrogen (secondary N) is 1. The van der Waals surface area contributed by atoms with Gasteiger partial charge in [-0.1, -0.05) is 25.4 Å². The first-order chi connectivity index (χ1) is 9.56. The zero-order valence-electron chi connectivity index (χ0n) is 11.9. The number of hydrogen-bond donors (Lipinski definition) is 2. The molecule has 0 saturated heterocycles. The van der Waals surface area contributed by atoms with Gasteiger partial charge in [0.2, 0.25) is 0 Å². The molecule has 1 aromatic heterocycles. The topological polar surface area (TPSA) is 76.4 Å². The van der Waals surface area contributed by atoms with Crippen LogP contribution in [0.5, 0.6) is 0 Å². The van der Waals surface area contributed by atoms with E-state index in [0.29, 0.717) is 24.8 Å². The van der Waals surface area contributed by atoms with Gasteiger partial charge in [0.05, 0.1) is 25.0 Å². The number of halogens is 1. The van der Waals surface area contributed by atoms with Crippen molar-refractivity contribution in [3.8, 4) is 0 Å². The van der Waals surface area contributed by atoms with Gasteiger partial charge in [-0.15, -0.1) is 0 Å². The highest BCUT2D eigenvalue weighted by molar-refractivity contribution is 6.32. The Morgan fingerprint density at radius 1 is 1.55 bits per heavy atom. The van der Waals surface area contributed by atoms with Gasteiger partial charge in [-0.05, 0) is 12.3 Å². The van der Waals surface area contributed by atoms with Gasteiger partial charge in [-0.2, -0.15) is 5.10 Å². The van der Waals surface area contributed by atoms with Gasteiger partial charge < -0.3 is 15.2 Å². The fourth-order valence-corrected chi connectivity index (χ4v) is 1.77. The van der Waals surface area contributed by atoms with Gasteiger partial charge in [-0.25, -0.2) is 4.68 Å². The highest BCUT2D eigenvalue weighted by Gasteiger charge is 2.08. The molecule has 0 bridgehead atoms. The van der Waals surface area contributed by atoms with Gasteiger partial charge in [0.25, 0.3) is 5.56 Å². The molecule has 6 nitrogen and oxygen atoms in total. The lowest BCUT2D eigenvalue weighted by molar-refractivity contribution is 0.110. The molecule has 0 aliphatic carbocycles. The molecule has 114 valence electrons. The molecule has 0 spiro atoms. The molecule has 0 amide bonds. The first kappa shape index (κ1) is 16.9. The molecule has 20 heavy (non-hydrogen) atoms. The highest BCUT2D eigenvalue weighted by atomic mass is 35.5. The second-order valence-electron chi connectivity index (χ2n) is 4.87. The van der Waals surface area contributed by atoms with Gasteiger partial charge in [0.15, 0.2) is 0 Å². The van der Waals surface area contributed by atoms with Crippen LogP contribution in [0, 0.1) is 5.92 Å². The van der Waals surface area contributed by atoms with Crippen LogP contribution < -0.4 is 10.9 Å². The van der Waals surface area contributed by atoms with Crippen molar-refractivity contribution < 1.29 is 9.84 Å². The number of anilines is 1. The summed E-state index contributed by atoms with van der Waals surface area (Å²) in [6.45, 7) is 6.27. The smallest absolute Gasteiger partial charge is 0.287 e. The summed E-state index contributed by atoms with van der Waals surface area (Å²) in [7, 11) is 0. The number of aliphatic hydroxyl groups is 1. The van der Waals surface area contributed by atoms with Gasteiger partial charge in [-0.3, -0.25) is 4.79 Å². The Labute approximate surface area is 123 Å². The van der Waals surface area contributed by atoms with Gasteiger partial charge in [0.1, 0.15) is 5.02 Å².